The molecule has 2 aliphatic rings. The van der Waals surface area contributed by atoms with E-state index >= 15 is 0 Å². The minimum atomic E-state index is -1.56. The third-order valence-electron chi connectivity index (χ3n) is 7.46. The lowest BCUT2D eigenvalue weighted by molar-refractivity contribution is -0.300. The minimum absolute atomic E-state index is 0.0641. The number of rotatable bonds is 15. The Bertz CT molecular complexity index is 1560. The van der Waals surface area contributed by atoms with Gasteiger partial charge >= 0.3 is 0 Å². The van der Waals surface area contributed by atoms with Crippen molar-refractivity contribution in [2.45, 2.75) is 30.7 Å². The van der Waals surface area contributed by atoms with Crippen LogP contribution in [0.15, 0.2) is 65.8 Å². The first-order chi connectivity index (χ1) is 22.8. The molecule has 5 amide bonds. The number of amides is 5. The summed E-state index contributed by atoms with van der Waals surface area (Å²) in [6.45, 7) is -0.812. The normalized spacial score (nSPS) is 19.7. The van der Waals surface area contributed by atoms with Crippen molar-refractivity contribution in [1.29, 1.82) is 0 Å². The van der Waals surface area contributed by atoms with Crippen LogP contribution < -0.4 is 21.1 Å². The summed E-state index contributed by atoms with van der Waals surface area (Å²) in [7, 11) is 14.7. The van der Waals surface area contributed by atoms with Gasteiger partial charge in [-0.2, -0.15) is 9.12 Å². The predicted molar refractivity (Wildman–Crippen MR) is 219 cm³/mol. The van der Waals surface area contributed by atoms with E-state index < -0.39 is 59.1 Å². The van der Waals surface area contributed by atoms with E-state index in [1.807, 2.05) is 74.4 Å². The number of halogens is 3. The van der Waals surface area contributed by atoms with E-state index in [9.17, 15) is 29.1 Å². The molecule has 2 heterocycles. The molecule has 0 bridgehead atoms. The van der Waals surface area contributed by atoms with Crippen LogP contribution in [0.3, 0.4) is 0 Å². The summed E-state index contributed by atoms with van der Waals surface area (Å²) in [5, 5.41) is 22.5. The molecule has 5 atom stereocenters. The van der Waals surface area contributed by atoms with Crippen molar-refractivity contribution < 1.29 is 29.1 Å². The largest absolute Gasteiger partial charge is 0.860 e. The van der Waals surface area contributed by atoms with E-state index in [0.29, 0.717) is 5.69 Å². The lowest BCUT2D eigenvalue weighted by atomic mass is 9.84. The summed E-state index contributed by atoms with van der Waals surface area (Å²) in [6.07, 6.45) is -0.382. The van der Waals surface area contributed by atoms with Gasteiger partial charge in [0.2, 0.25) is 29.5 Å². The van der Waals surface area contributed by atoms with E-state index in [1.165, 1.54) is 4.90 Å². The average molecular weight is 1040 g/mol. The van der Waals surface area contributed by atoms with Gasteiger partial charge in [-0.05, 0) is 47.6 Å². The number of imide groups is 2. The highest BCUT2D eigenvalue weighted by molar-refractivity contribution is 14.2. The summed E-state index contributed by atoms with van der Waals surface area (Å²) in [5.41, 5.74) is -1.28. The number of hydrogen-bond donors (Lipinski definition) is 3. The molecule has 2 aliphatic heterocycles. The van der Waals surface area contributed by atoms with Crippen LogP contribution in [-0.2, 0) is 24.0 Å². The molecular formula is C27H28B3I3N6O6P3-. The predicted octanol–water partition coefficient (Wildman–Crippen LogP) is 3.94. The summed E-state index contributed by atoms with van der Waals surface area (Å²) >= 11 is 5.92. The highest BCUT2D eigenvalue weighted by Gasteiger charge is 2.43. The third-order valence-corrected chi connectivity index (χ3v) is 14.4. The van der Waals surface area contributed by atoms with E-state index in [1.54, 1.807) is 24.3 Å². The van der Waals surface area contributed by atoms with Gasteiger partial charge in [-0.25, -0.2) is 0 Å². The Hall–Kier alpha value is -1.04. The number of carbonyl (C=O) groups is 5. The maximum absolute atomic E-state index is 13.8. The second-order valence-corrected chi connectivity index (χ2v) is 23.2. The Kier molecular flexibility index (Phi) is 15.3. The van der Waals surface area contributed by atoms with E-state index in [2.05, 4.69) is 47.4 Å². The Labute approximate surface area is 325 Å². The summed E-state index contributed by atoms with van der Waals surface area (Å²) < 4.78 is -0.128. The average Bonchev–Trinajstić information content (AvgIpc) is 3.49. The van der Waals surface area contributed by atoms with Crippen LogP contribution in [0, 0.1) is 0 Å². The van der Waals surface area contributed by atoms with Crippen molar-refractivity contribution in [2.24, 2.45) is 0 Å². The Morgan fingerprint density at radius 3 is 2.12 bits per heavy atom. The Balaban J connectivity index is 1.48. The zero-order valence-corrected chi connectivity index (χ0v) is 34.6. The smallest absolute Gasteiger partial charge is 0.252 e. The lowest BCUT2D eigenvalue weighted by Crippen LogP contribution is -2.50. The van der Waals surface area contributed by atoms with Crippen LogP contribution in [0.2, 0.25) is 5.82 Å². The molecule has 2 aromatic rings. The van der Waals surface area contributed by atoms with Gasteiger partial charge in [0.25, 0.3) is 4.29 Å². The number of nitrogens with one attached hydrogen (secondary N) is 3. The highest BCUT2D eigenvalue weighted by atomic mass is 127. The summed E-state index contributed by atoms with van der Waals surface area (Å²) in [5.74, 6) is -3.24. The fourth-order valence-electron chi connectivity index (χ4n) is 4.85. The van der Waals surface area contributed by atoms with E-state index in [0.717, 1.165) is 21.2 Å². The van der Waals surface area contributed by atoms with Crippen molar-refractivity contribution in [1.82, 2.24) is 20.0 Å². The number of para-hydroxylation sites is 1. The van der Waals surface area contributed by atoms with Gasteiger partial charge in [0, 0.05) is 35.7 Å². The molecule has 12 nitrogen and oxygen atoms in total. The van der Waals surface area contributed by atoms with E-state index in [4.69, 9.17) is 15.1 Å². The van der Waals surface area contributed by atoms with Gasteiger partial charge < -0.3 is 20.6 Å². The van der Waals surface area contributed by atoms with Gasteiger partial charge in [0.15, 0.2) is 0 Å². The van der Waals surface area contributed by atoms with Crippen molar-refractivity contribution in [3.05, 3.63) is 65.8 Å². The molecule has 21 heteroatoms. The number of hydrogen-bond acceptors (Lipinski definition) is 9. The molecule has 3 N–H and O–H groups in total. The van der Waals surface area contributed by atoms with Crippen molar-refractivity contribution in [3.63, 3.8) is 0 Å². The van der Waals surface area contributed by atoms with Gasteiger partial charge in [-0.3, -0.25) is 39.1 Å². The van der Waals surface area contributed by atoms with Crippen LogP contribution in [0.25, 0.3) is 0 Å². The van der Waals surface area contributed by atoms with Crippen LogP contribution in [-0.4, -0.2) is 89.3 Å². The molecule has 248 valence electrons. The van der Waals surface area contributed by atoms with Crippen molar-refractivity contribution in [2.75, 3.05) is 30.6 Å². The van der Waals surface area contributed by atoms with Crippen LogP contribution >= 0.6 is 86.5 Å². The molecule has 2 aromatic carbocycles. The number of carbonyl (C=O) groups excluding carboxylic acids is 5. The minimum Gasteiger partial charge on any atom is -0.860 e. The molecular weight excluding hydrogens is 1010 g/mol. The zero-order valence-electron chi connectivity index (χ0n) is 25.2. The molecule has 2 saturated heterocycles. The van der Waals surface area contributed by atoms with Crippen LogP contribution in [0.1, 0.15) is 19.3 Å². The van der Waals surface area contributed by atoms with Crippen LogP contribution in [0.5, 0.6) is 0 Å². The first-order valence-electron chi connectivity index (χ1n) is 14.3. The Morgan fingerprint density at radius 2 is 1.56 bits per heavy atom. The molecule has 4 radical (unpaired) electrons. The fraction of sp³-hybridized carbons (Fsp3) is 0.296. The second kappa shape index (κ2) is 18.5. The molecule has 0 saturated carbocycles. The van der Waals surface area contributed by atoms with E-state index in [-0.39, 0.29) is 47.6 Å². The second-order valence-electron chi connectivity index (χ2n) is 10.7. The number of likely N-dealkylation sites (tertiary alicyclic amines) is 2. The molecule has 2 fully saturated rings. The topological polar surface area (TPSA) is 154 Å². The number of nitrogens with zero attached hydrogens (tertiary/aromatic N) is 3. The Morgan fingerprint density at radius 1 is 0.958 bits per heavy atom. The standard InChI is InChI=1S/C27H29B3I3N6O6P3/c28-47(32)20(25(43)36-18-8-6-17(7-9-18)35-16-4-2-1-3-5-16)11-22(40)37(15-39-24(42)12-21(27(39)45)48(29)33)13-34-14-38-23(41)10-19(26(38)44)30(31)46/h1-9,19,21,34-36,43H,10-15,46H2/p-1/b25-20+. The quantitative estimate of drug-likeness (QED) is 0.0602. The first kappa shape index (κ1) is 39.7. The SMILES string of the molecule is [B]P(I)/C(CC(=O)N(CNCN1C(=O)CC(B(P)I)C1=O)CN1C(=O)CC(P([B])I)C1=O)=C(/[O-])Nc1ccc(Nc2ccccc2)cc1. The third kappa shape index (κ3) is 10.5. The maximum atomic E-state index is 13.8. The lowest BCUT2D eigenvalue weighted by Gasteiger charge is -2.30. The molecule has 0 aromatic heterocycles. The molecule has 4 rings (SSSR count). The fourth-order valence-corrected chi connectivity index (χ4v) is 9.41. The molecule has 0 spiro atoms. The summed E-state index contributed by atoms with van der Waals surface area (Å²) in [6, 6.07) is 16.6. The number of benzene rings is 2. The first-order valence-corrected chi connectivity index (χ1v) is 24.7. The zero-order chi connectivity index (χ0) is 35.1. The number of anilines is 3. The molecule has 0 aliphatic carbocycles. The molecule has 48 heavy (non-hydrogen) atoms. The highest BCUT2D eigenvalue weighted by Crippen LogP contribution is 2.51. The van der Waals surface area contributed by atoms with Gasteiger partial charge in [0.05, 0.1) is 25.4 Å². The van der Waals surface area contributed by atoms with Crippen molar-refractivity contribution >= 4 is 152 Å². The van der Waals surface area contributed by atoms with Crippen LogP contribution in [0.4, 0.5) is 17.1 Å². The van der Waals surface area contributed by atoms with Crippen molar-refractivity contribution in [3.8, 4) is 0 Å². The molecule has 5 unspecified atom stereocenters. The maximum Gasteiger partial charge on any atom is 0.252 e. The van der Waals surface area contributed by atoms with Gasteiger partial charge in [0.1, 0.15) is 21.8 Å². The summed E-state index contributed by atoms with van der Waals surface area (Å²) in [4.78, 5) is 68.1. The van der Waals surface area contributed by atoms with Gasteiger partial charge in [-0.15, -0.1) is 22.4 Å². The monoisotopic (exact) mass is 1040 g/mol. The van der Waals surface area contributed by atoms with Gasteiger partial charge in [-0.1, -0.05) is 73.2 Å².